The van der Waals surface area contributed by atoms with E-state index in [9.17, 15) is 18.0 Å². The fraction of sp³-hybridized carbons (Fsp3) is 0.500. The van der Waals surface area contributed by atoms with Gasteiger partial charge in [0.1, 0.15) is 5.75 Å². The number of ether oxygens (including phenoxy) is 1. The summed E-state index contributed by atoms with van der Waals surface area (Å²) < 4.78 is 42.5. The maximum Gasteiger partial charge on any atom is 0.416 e. The maximum atomic E-state index is 12.5. The molecule has 118 valence electrons. The zero-order valence-electron chi connectivity index (χ0n) is 12.0. The monoisotopic (exact) mass is 304 g/mol. The van der Waals surface area contributed by atoms with Crippen LogP contribution < -0.4 is 15.8 Å². The van der Waals surface area contributed by atoms with Gasteiger partial charge >= 0.3 is 6.18 Å². The average Bonchev–Trinajstić information content (AvgIpc) is 2.36. The van der Waals surface area contributed by atoms with Gasteiger partial charge < -0.3 is 15.8 Å². The molecule has 7 heteroatoms. The van der Waals surface area contributed by atoms with Crippen molar-refractivity contribution >= 4 is 11.6 Å². The number of carbonyl (C=O) groups excluding carboxylic acids is 1. The Morgan fingerprint density at radius 1 is 1.43 bits per heavy atom. The third-order valence-electron chi connectivity index (χ3n) is 2.82. The molecule has 1 atom stereocenters. The van der Waals surface area contributed by atoms with E-state index < -0.39 is 11.7 Å². The molecule has 1 unspecified atom stereocenters. The Hall–Kier alpha value is -1.92. The van der Waals surface area contributed by atoms with Crippen molar-refractivity contribution < 1.29 is 22.7 Å². The van der Waals surface area contributed by atoms with E-state index in [4.69, 9.17) is 10.5 Å². The highest BCUT2D eigenvalue weighted by atomic mass is 19.4. The van der Waals surface area contributed by atoms with E-state index in [1.165, 1.54) is 0 Å². The first-order valence-electron chi connectivity index (χ1n) is 6.63. The van der Waals surface area contributed by atoms with Crippen molar-refractivity contribution in [1.29, 1.82) is 0 Å². The molecule has 0 spiro atoms. The van der Waals surface area contributed by atoms with Crippen LogP contribution in [0.1, 0.15) is 32.3 Å². The molecule has 0 radical (unpaired) electrons. The number of amides is 1. The zero-order valence-corrected chi connectivity index (χ0v) is 12.0. The number of alkyl halides is 3. The summed E-state index contributed by atoms with van der Waals surface area (Å²) in [5.74, 6) is -0.281. The molecule has 0 aromatic heterocycles. The smallest absolute Gasteiger partial charge is 0.416 e. The number of hydrogen-bond acceptors (Lipinski definition) is 3. The van der Waals surface area contributed by atoms with Gasteiger partial charge in [0.2, 0.25) is 0 Å². The van der Waals surface area contributed by atoms with Crippen LogP contribution in [0.4, 0.5) is 18.9 Å². The van der Waals surface area contributed by atoms with Gasteiger partial charge in [-0.1, -0.05) is 13.3 Å². The lowest BCUT2D eigenvalue weighted by molar-refractivity contribution is -0.137. The lowest BCUT2D eigenvalue weighted by Gasteiger charge is -2.14. The predicted molar refractivity (Wildman–Crippen MR) is 73.9 cm³/mol. The predicted octanol–water partition coefficient (Wildman–Crippen LogP) is 2.97. The topological polar surface area (TPSA) is 64.3 Å². The van der Waals surface area contributed by atoms with Crippen molar-refractivity contribution in [1.82, 2.24) is 5.32 Å². The Kier molecular flexibility index (Phi) is 5.87. The normalized spacial score (nSPS) is 12.8. The molecule has 0 aliphatic carbocycles. The molecule has 0 bridgehead atoms. The van der Waals surface area contributed by atoms with Crippen LogP contribution in [0, 0.1) is 0 Å². The molecule has 1 aromatic carbocycles. The third kappa shape index (κ3) is 5.53. The third-order valence-corrected chi connectivity index (χ3v) is 2.82. The first-order valence-corrected chi connectivity index (χ1v) is 6.63. The van der Waals surface area contributed by atoms with Gasteiger partial charge in [-0.2, -0.15) is 13.2 Å². The van der Waals surface area contributed by atoms with Gasteiger partial charge in [-0.05, 0) is 31.5 Å². The number of benzene rings is 1. The fourth-order valence-electron chi connectivity index (χ4n) is 1.82. The van der Waals surface area contributed by atoms with Gasteiger partial charge in [0.25, 0.3) is 5.91 Å². The van der Waals surface area contributed by atoms with E-state index in [0.717, 1.165) is 31.0 Å². The van der Waals surface area contributed by atoms with Crippen LogP contribution in [0.2, 0.25) is 0 Å². The molecule has 1 rings (SSSR count). The van der Waals surface area contributed by atoms with Crippen LogP contribution >= 0.6 is 0 Å². The standard InChI is InChI=1S/C14H19F3N2O2/c1-3-4-9(2)19-13(20)8-21-12-6-5-10(7-11(12)18)14(15,16)17/h5-7,9H,3-4,8,18H2,1-2H3,(H,19,20). The second-order valence-corrected chi connectivity index (χ2v) is 4.80. The van der Waals surface area contributed by atoms with Gasteiger partial charge in [-0.15, -0.1) is 0 Å². The van der Waals surface area contributed by atoms with E-state index in [1.807, 2.05) is 13.8 Å². The Bertz CT molecular complexity index is 490. The summed E-state index contributed by atoms with van der Waals surface area (Å²) in [6.45, 7) is 3.58. The molecule has 0 saturated carbocycles. The van der Waals surface area contributed by atoms with Crippen LogP contribution in [-0.2, 0) is 11.0 Å². The molecule has 0 heterocycles. The molecule has 1 aromatic rings. The summed E-state index contributed by atoms with van der Waals surface area (Å²) >= 11 is 0. The first kappa shape index (κ1) is 17.1. The molecular weight excluding hydrogens is 285 g/mol. The summed E-state index contributed by atoms with van der Waals surface area (Å²) in [4.78, 5) is 11.6. The minimum atomic E-state index is -4.46. The van der Waals surface area contributed by atoms with Gasteiger partial charge in [-0.3, -0.25) is 4.79 Å². The van der Waals surface area contributed by atoms with E-state index in [0.29, 0.717) is 0 Å². The number of nitrogen functional groups attached to an aromatic ring is 1. The van der Waals surface area contributed by atoms with Crippen LogP contribution in [0.3, 0.4) is 0 Å². The zero-order chi connectivity index (χ0) is 16.0. The fourth-order valence-corrected chi connectivity index (χ4v) is 1.82. The SMILES string of the molecule is CCCC(C)NC(=O)COc1ccc(C(F)(F)F)cc1N. The van der Waals surface area contributed by atoms with Gasteiger partial charge in [0, 0.05) is 6.04 Å². The Morgan fingerprint density at radius 2 is 2.10 bits per heavy atom. The van der Waals surface area contributed by atoms with E-state index in [1.54, 1.807) is 0 Å². The summed E-state index contributed by atoms with van der Waals surface area (Å²) in [6.07, 6.45) is -2.68. The van der Waals surface area contributed by atoms with Crippen molar-refractivity contribution in [2.45, 2.75) is 38.9 Å². The highest BCUT2D eigenvalue weighted by Crippen LogP contribution is 2.33. The summed E-state index contributed by atoms with van der Waals surface area (Å²) in [6, 6.07) is 2.79. The lowest BCUT2D eigenvalue weighted by Crippen LogP contribution is -2.36. The van der Waals surface area contributed by atoms with Gasteiger partial charge in [0.15, 0.2) is 6.61 Å². The van der Waals surface area contributed by atoms with Crippen LogP contribution in [0.5, 0.6) is 5.75 Å². The highest BCUT2D eigenvalue weighted by molar-refractivity contribution is 5.78. The first-order chi connectivity index (χ1) is 9.74. The second kappa shape index (κ2) is 7.19. The molecule has 0 fully saturated rings. The van der Waals surface area contributed by atoms with Crippen molar-refractivity contribution in [3.05, 3.63) is 23.8 Å². The lowest BCUT2D eigenvalue weighted by atomic mass is 10.2. The summed E-state index contributed by atoms with van der Waals surface area (Å²) in [5.41, 5.74) is 4.49. The van der Waals surface area contributed by atoms with Crippen LogP contribution in [0.15, 0.2) is 18.2 Å². The molecule has 0 aliphatic rings. The minimum Gasteiger partial charge on any atom is -0.482 e. The van der Waals surface area contributed by atoms with E-state index in [-0.39, 0.29) is 30.0 Å². The van der Waals surface area contributed by atoms with Crippen LogP contribution in [-0.4, -0.2) is 18.6 Å². The number of hydrogen-bond donors (Lipinski definition) is 2. The number of rotatable bonds is 6. The highest BCUT2D eigenvalue weighted by Gasteiger charge is 2.30. The molecule has 0 aliphatic heterocycles. The van der Waals surface area contributed by atoms with Crippen molar-refractivity contribution in [2.24, 2.45) is 0 Å². The Balaban J connectivity index is 2.58. The van der Waals surface area contributed by atoms with Crippen molar-refractivity contribution in [3.8, 4) is 5.75 Å². The van der Waals surface area contributed by atoms with Gasteiger partial charge in [0.05, 0.1) is 11.3 Å². The number of nitrogens with one attached hydrogen (secondary N) is 1. The number of anilines is 1. The molecular formula is C14H19F3N2O2. The largest absolute Gasteiger partial charge is 0.482 e. The molecule has 0 saturated heterocycles. The Morgan fingerprint density at radius 3 is 2.62 bits per heavy atom. The average molecular weight is 304 g/mol. The minimum absolute atomic E-state index is 0.0241. The molecule has 21 heavy (non-hydrogen) atoms. The van der Waals surface area contributed by atoms with Crippen molar-refractivity contribution in [2.75, 3.05) is 12.3 Å². The van der Waals surface area contributed by atoms with Crippen molar-refractivity contribution in [3.63, 3.8) is 0 Å². The van der Waals surface area contributed by atoms with E-state index >= 15 is 0 Å². The quantitative estimate of drug-likeness (QED) is 0.794. The van der Waals surface area contributed by atoms with Crippen LogP contribution in [0.25, 0.3) is 0 Å². The number of halogens is 3. The summed E-state index contributed by atoms with van der Waals surface area (Å²) in [7, 11) is 0. The van der Waals surface area contributed by atoms with E-state index in [2.05, 4.69) is 5.32 Å². The second-order valence-electron chi connectivity index (χ2n) is 4.80. The molecule has 4 nitrogen and oxygen atoms in total. The van der Waals surface area contributed by atoms with Gasteiger partial charge in [-0.25, -0.2) is 0 Å². The number of carbonyl (C=O) groups is 1. The summed E-state index contributed by atoms with van der Waals surface area (Å²) in [5, 5.41) is 2.72. The Labute approximate surface area is 121 Å². The molecule has 1 amide bonds. The number of nitrogens with two attached hydrogens (primary N) is 1. The molecule has 3 N–H and O–H groups in total. The maximum absolute atomic E-state index is 12.5.